The maximum Gasteiger partial charge on any atom is 0.330 e. The summed E-state index contributed by atoms with van der Waals surface area (Å²) in [6.45, 7) is 20.4. The lowest BCUT2D eigenvalue weighted by molar-refractivity contribution is 0.398. The highest BCUT2D eigenvalue weighted by Crippen LogP contribution is 2.29. The van der Waals surface area contributed by atoms with E-state index >= 15 is 0 Å². The molecule has 0 bridgehead atoms. The Balaban J connectivity index is 1.81. The summed E-state index contributed by atoms with van der Waals surface area (Å²) >= 11 is 1.88. The van der Waals surface area contributed by atoms with Gasteiger partial charge in [-0.1, -0.05) is 86.6 Å². The van der Waals surface area contributed by atoms with Crippen LogP contribution >= 0.6 is 11.8 Å². The van der Waals surface area contributed by atoms with Crippen molar-refractivity contribution in [1.29, 1.82) is 0 Å². The molecule has 1 heterocycles. The van der Waals surface area contributed by atoms with Crippen LogP contribution in [0.25, 0.3) is 0 Å². The van der Waals surface area contributed by atoms with Gasteiger partial charge in [-0.25, -0.2) is 0 Å². The minimum Gasteiger partial charge on any atom is -0.424 e. The zero-order valence-corrected chi connectivity index (χ0v) is 23.9. The van der Waals surface area contributed by atoms with Gasteiger partial charge in [0.2, 0.25) is 5.95 Å². The molecule has 7 heteroatoms. The van der Waals surface area contributed by atoms with Gasteiger partial charge in [0.15, 0.2) is 0 Å². The fourth-order valence-electron chi connectivity index (χ4n) is 3.29. The molecule has 3 rings (SSSR count). The Kier molecular flexibility index (Phi) is 8.55. The molecule has 0 aliphatic rings. The number of benzene rings is 2. The molecule has 0 spiro atoms. The van der Waals surface area contributed by atoms with Crippen LogP contribution in [0.1, 0.15) is 73.4 Å². The average molecular weight is 509 g/mol. The highest BCUT2D eigenvalue weighted by atomic mass is 32.2. The van der Waals surface area contributed by atoms with Crippen molar-refractivity contribution in [1.82, 2.24) is 15.0 Å². The van der Waals surface area contributed by atoms with E-state index in [-0.39, 0.29) is 27.6 Å². The van der Waals surface area contributed by atoms with E-state index in [0.29, 0.717) is 24.0 Å². The lowest BCUT2D eigenvalue weighted by Crippen LogP contribution is -2.14. The molecule has 0 saturated carbocycles. The normalized spacial score (nSPS) is 12.4. The lowest BCUT2D eigenvalue weighted by atomic mass is 9.87. The first-order chi connectivity index (χ1) is 16.7. The van der Waals surface area contributed by atoms with Crippen LogP contribution in [-0.4, -0.2) is 32.0 Å². The van der Waals surface area contributed by atoms with Gasteiger partial charge in [0, 0.05) is 17.0 Å². The van der Waals surface area contributed by atoms with Gasteiger partial charge in [0.05, 0.1) is 0 Å². The Morgan fingerprint density at radius 1 is 0.639 bits per heavy atom. The first-order valence-corrected chi connectivity index (χ1v) is 13.4. The van der Waals surface area contributed by atoms with Gasteiger partial charge < -0.3 is 14.8 Å². The molecule has 0 atom stereocenters. The van der Waals surface area contributed by atoms with Gasteiger partial charge in [-0.2, -0.15) is 21.7 Å². The number of hydrogen-bond acceptors (Lipinski definition) is 7. The summed E-state index contributed by atoms with van der Waals surface area (Å²) in [4.78, 5) is 13.4. The summed E-state index contributed by atoms with van der Waals surface area (Å²) in [5, 5.41) is 3.28. The van der Waals surface area contributed by atoms with Crippen LogP contribution in [0.4, 0.5) is 5.95 Å². The molecule has 0 amide bonds. The third-order valence-corrected chi connectivity index (χ3v) is 6.65. The average Bonchev–Trinajstić information content (AvgIpc) is 2.75. The topological polar surface area (TPSA) is 69.2 Å². The maximum atomic E-state index is 6.00. The Labute approximate surface area is 220 Å². The van der Waals surface area contributed by atoms with E-state index in [1.54, 1.807) is 0 Å². The first-order valence-electron chi connectivity index (χ1n) is 12.4. The molecule has 0 aliphatic heterocycles. The fourth-order valence-corrected chi connectivity index (χ4v) is 4.10. The van der Waals surface area contributed by atoms with Crippen molar-refractivity contribution in [2.75, 3.05) is 17.6 Å². The molecule has 3 aromatic rings. The molecule has 0 aliphatic carbocycles. The molecule has 0 fully saturated rings. The van der Waals surface area contributed by atoms with Gasteiger partial charge in [-0.05, 0) is 46.2 Å². The number of aromatic nitrogens is 3. The Bertz CT molecular complexity index is 1050. The van der Waals surface area contributed by atoms with Crippen LogP contribution in [0.15, 0.2) is 48.5 Å². The maximum absolute atomic E-state index is 6.00. The van der Waals surface area contributed by atoms with Gasteiger partial charge in [-0.3, -0.25) is 0 Å². The summed E-state index contributed by atoms with van der Waals surface area (Å²) in [6.07, 6.45) is 0. The lowest BCUT2D eigenvalue weighted by Gasteiger charge is -2.19. The SMILES string of the molecule is CC(C)(C)SCCNc1nc(Oc2ccc(C(C)(C)C)cc2)nc(Oc2ccc(C(C)(C)C)cc2)n1. The quantitative estimate of drug-likeness (QED) is 0.309. The molecular formula is C29H40N4O2S. The van der Waals surface area contributed by atoms with Crippen molar-refractivity contribution < 1.29 is 9.47 Å². The molecule has 1 N–H and O–H groups in total. The molecule has 0 saturated heterocycles. The number of anilines is 1. The molecule has 1 aromatic heterocycles. The molecule has 0 radical (unpaired) electrons. The van der Waals surface area contributed by atoms with E-state index in [4.69, 9.17) is 9.47 Å². The van der Waals surface area contributed by atoms with Crippen LogP contribution in [0.5, 0.6) is 23.5 Å². The summed E-state index contributed by atoms with van der Waals surface area (Å²) in [6, 6.07) is 16.3. The first kappa shape index (κ1) is 27.8. The smallest absolute Gasteiger partial charge is 0.330 e. The molecule has 36 heavy (non-hydrogen) atoms. The highest BCUT2D eigenvalue weighted by molar-refractivity contribution is 8.00. The van der Waals surface area contributed by atoms with Crippen LogP contribution in [0, 0.1) is 0 Å². The second kappa shape index (κ2) is 11.1. The standard InChI is InChI=1S/C29H40N4O2S/c1-27(2,3)20-10-14-22(15-11-20)34-25-31-24(30-18-19-36-29(7,8)9)32-26(33-25)35-23-16-12-21(13-17-23)28(4,5)6/h10-17H,18-19H2,1-9H3,(H,30,31,32,33). The monoisotopic (exact) mass is 508 g/mol. The van der Waals surface area contributed by atoms with Gasteiger partial charge >= 0.3 is 12.0 Å². The predicted octanol–water partition coefficient (Wildman–Crippen LogP) is 7.99. The summed E-state index contributed by atoms with van der Waals surface area (Å²) in [5.74, 6) is 2.65. The van der Waals surface area contributed by atoms with Crippen LogP contribution in [-0.2, 0) is 10.8 Å². The van der Waals surface area contributed by atoms with Crippen molar-refractivity contribution in [2.24, 2.45) is 0 Å². The Morgan fingerprint density at radius 2 is 1.06 bits per heavy atom. The Morgan fingerprint density at radius 3 is 1.42 bits per heavy atom. The van der Waals surface area contributed by atoms with Crippen molar-refractivity contribution in [3.63, 3.8) is 0 Å². The number of nitrogens with zero attached hydrogens (tertiary/aromatic N) is 3. The van der Waals surface area contributed by atoms with Gasteiger partial charge in [0.25, 0.3) is 0 Å². The van der Waals surface area contributed by atoms with Crippen LogP contribution < -0.4 is 14.8 Å². The number of thioether (sulfide) groups is 1. The zero-order chi connectivity index (χ0) is 26.6. The molecular weight excluding hydrogens is 468 g/mol. The number of nitrogens with one attached hydrogen (secondary N) is 1. The molecule has 194 valence electrons. The van der Waals surface area contributed by atoms with E-state index in [2.05, 4.69) is 107 Å². The predicted molar refractivity (Wildman–Crippen MR) is 151 cm³/mol. The largest absolute Gasteiger partial charge is 0.424 e. The highest BCUT2D eigenvalue weighted by Gasteiger charge is 2.16. The van der Waals surface area contributed by atoms with E-state index in [9.17, 15) is 0 Å². The van der Waals surface area contributed by atoms with Gasteiger partial charge in [-0.15, -0.1) is 4.98 Å². The number of ether oxygens (including phenoxy) is 2. The summed E-state index contributed by atoms with van der Waals surface area (Å²) in [5.41, 5.74) is 2.59. The van der Waals surface area contributed by atoms with Crippen LogP contribution in [0.3, 0.4) is 0 Å². The van der Waals surface area contributed by atoms with Crippen molar-refractivity contribution in [2.45, 2.75) is 77.9 Å². The minimum atomic E-state index is 0.0669. The second-order valence-corrected chi connectivity index (χ2v) is 13.8. The molecule has 2 aromatic carbocycles. The van der Waals surface area contributed by atoms with E-state index in [1.165, 1.54) is 11.1 Å². The van der Waals surface area contributed by atoms with Crippen molar-refractivity contribution in [3.05, 3.63) is 59.7 Å². The van der Waals surface area contributed by atoms with E-state index < -0.39 is 0 Å². The van der Waals surface area contributed by atoms with E-state index in [1.807, 2.05) is 36.0 Å². The van der Waals surface area contributed by atoms with Crippen molar-refractivity contribution in [3.8, 4) is 23.5 Å². The second-order valence-electron chi connectivity index (χ2n) is 11.9. The summed E-state index contributed by atoms with van der Waals surface area (Å²) < 4.78 is 12.2. The zero-order valence-electron chi connectivity index (χ0n) is 23.1. The third-order valence-electron chi connectivity index (χ3n) is 5.37. The van der Waals surface area contributed by atoms with Crippen LogP contribution in [0.2, 0.25) is 0 Å². The number of rotatable bonds is 8. The molecule has 0 unspecified atom stereocenters. The third kappa shape index (κ3) is 8.70. The minimum absolute atomic E-state index is 0.0669. The number of hydrogen-bond donors (Lipinski definition) is 1. The van der Waals surface area contributed by atoms with Crippen molar-refractivity contribution >= 4 is 17.7 Å². The summed E-state index contributed by atoms with van der Waals surface area (Å²) in [7, 11) is 0. The fraction of sp³-hybridized carbons (Fsp3) is 0.483. The van der Waals surface area contributed by atoms with E-state index in [0.717, 1.165) is 5.75 Å². The Hall–Kier alpha value is -2.80. The molecule has 6 nitrogen and oxygen atoms in total. The van der Waals surface area contributed by atoms with Gasteiger partial charge in [0.1, 0.15) is 11.5 Å².